The molecule has 0 aliphatic carbocycles. The zero-order chi connectivity index (χ0) is 15.4. The van der Waals surface area contributed by atoms with Gasteiger partial charge in [0.2, 0.25) is 10.0 Å². The lowest BCUT2D eigenvalue weighted by atomic mass is 10.3. The molecule has 1 aliphatic heterocycles. The molecule has 2 aromatic rings. The number of sulfonamides is 1. The highest BCUT2D eigenvalue weighted by Gasteiger charge is 2.19. The molecule has 0 bridgehead atoms. The van der Waals surface area contributed by atoms with Gasteiger partial charge in [0, 0.05) is 19.6 Å². The maximum Gasteiger partial charge on any atom is 0.242 e. The fourth-order valence-corrected chi connectivity index (χ4v) is 4.25. The van der Waals surface area contributed by atoms with Crippen LogP contribution in [0.5, 0.6) is 0 Å². The molecule has 0 atom stereocenters. The highest BCUT2D eigenvalue weighted by molar-refractivity contribution is 7.89. The Labute approximate surface area is 133 Å². The minimum Gasteiger partial charge on any atom is -0.379 e. The number of aromatic nitrogens is 2. The second-order valence-corrected chi connectivity index (χ2v) is 7.36. The van der Waals surface area contributed by atoms with E-state index in [0.29, 0.717) is 17.6 Å². The number of rotatable bonds is 6. The summed E-state index contributed by atoms with van der Waals surface area (Å²) in [5, 5.41) is 0. The van der Waals surface area contributed by atoms with E-state index in [2.05, 4.69) is 18.4 Å². The highest BCUT2D eigenvalue weighted by atomic mass is 32.2. The zero-order valence-electron chi connectivity index (χ0n) is 12.1. The SMILES string of the molecule is O=S(=O)(NCCCN1CCOCC1)c1cccc2nsnc12. The van der Waals surface area contributed by atoms with Gasteiger partial charge < -0.3 is 4.74 Å². The van der Waals surface area contributed by atoms with E-state index in [4.69, 9.17) is 4.74 Å². The van der Waals surface area contributed by atoms with Crippen LogP contribution in [0.3, 0.4) is 0 Å². The average Bonchev–Trinajstić information content (AvgIpc) is 3.01. The predicted octanol–water partition coefficient (Wildman–Crippen LogP) is 0.692. The van der Waals surface area contributed by atoms with Crippen LogP contribution in [-0.4, -0.2) is 61.5 Å². The van der Waals surface area contributed by atoms with Crippen LogP contribution >= 0.6 is 11.7 Å². The number of fused-ring (bicyclic) bond motifs is 1. The van der Waals surface area contributed by atoms with Crippen molar-refractivity contribution in [1.29, 1.82) is 0 Å². The molecule has 0 saturated carbocycles. The summed E-state index contributed by atoms with van der Waals surface area (Å²) in [6.07, 6.45) is 0.768. The number of morpholine rings is 1. The van der Waals surface area contributed by atoms with Gasteiger partial charge >= 0.3 is 0 Å². The van der Waals surface area contributed by atoms with Gasteiger partial charge in [-0.25, -0.2) is 13.1 Å². The van der Waals surface area contributed by atoms with Crippen LogP contribution in [0.15, 0.2) is 23.1 Å². The number of hydrogen-bond donors (Lipinski definition) is 1. The van der Waals surface area contributed by atoms with Gasteiger partial charge in [-0.2, -0.15) is 8.75 Å². The normalized spacial score (nSPS) is 17.1. The summed E-state index contributed by atoms with van der Waals surface area (Å²) in [4.78, 5) is 2.48. The molecule has 1 N–H and O–H groups in total. The van der Waals surface area contributed by atoms with E-state index in [9.17, 15) is 8.42 Å². The first-order valence-corrected chi connectivity index (χ1v) is 9.39. The molecule has 7 nitrogen and oxygen atoms in total. The summed E-state index contributed by atoms with van der Waals surface area (Å²) in [6.45, 7) is 4.62. The van der Waals surface area contributed by atoms with E-state index in [1.807, 2.05) is 0 Å². The molecule has 0 spiro atoms. The minimum atomic E-state index is -3.55. The summed E-state index contributed by atoms with van der Waals surface area (Å²) in [5.74, 6) is 0. The van der Waals surface area contributed by atoms with E-state index in [0.717, 1.165) is 51.0 Å². The van der Waals surface area contributed by atoms with Crippen molar-refractivity contribution in [3.05, 3.63) is 18.2 Å². The standard InChI is InChI=1S/C13H18N4O3S2/c18-22(19,12-4-1-3-11-13(12)16-21-15-11)14-5-2-6-17-7-9-20-10-8-17/h1,3-4,14H,2,5-10H2. The van der Waals surface area contributed by atoms with Gasteiger partial charge in [-0.3, -0.25) is 4.90 Å². The lowest BCUT2D eigenvalue weighted by Crippen LogP contribution is -2.38. The van der Waals surface area contributed by atoms with E-state index < -0.39 is 10.0 Å². The van der Waals surface area contributed by atoms with Crippen molar-refractivity contribution in [3.63, 3.8) is 0 Å². The second kappa shape index (κ2) is 6.97. The molecule has 1 aliphatic rings. The molecule has 1 aromatic heterocycles. The van der Waals surface area contributed by atoms with E-state index in [1.165, 1.54) is 0 Å². The predicted molar refractivity (Wildman–Crippen MR) is 84.5 cm³/mol. The molecule has 0 unspecified atom stereocenters. The van der Waals surface area contributed by atoms with Crippen molar-refractivity contribution in [2.75, 3.05) is 39.4 Å². The van der Waals surface area contributed by atoms with E-state index in [-0.39, 0.29) is 4.90 Å². The number of hydrogen-bond acceptors (Lipinski definition) is 7. The van der Waals surface area contributed by atoms with Gasteiger partial charge in [0.05, 0.1) is 24.9 Å². The smallest absolute Gasteiger partial charge is 0.242 e. The Morgan fingerprint density at radius 1 is 1.27 bits per heavy atom. The number of nitrogens with zero attached hydrogens (tertiary/aromatic N) is 3. The molecule has 2 heterocycles. The van der Waals surface area contributed by atoms with Crippen LogP contribution in [0.25, 0.3) is 11.0 Å². The van der Waals surface area contributed by atoms with Gasteiger partial charge in [0.1, 0.15) is 15.9 Å². The van der Waals surface area contributed by atoms with Gasteiger partial charge in [0.25, 0.3) is 0 Å². The zero-order valence-corrected chi connectivity index (χ0v) is 13.7. The second-order valence-electron chi connectivity index (χ2n) is 5.09. The van der Waals surface area contributed by atoms with Crippen molar-refractivity contribution in [3.8, 4) is 0 Å². The van der Waals surface area contributed by atoms with Gasteiger partial charge in [0.15, 0.2) is 0 Å². The van der Waals surface area contributed by atoms with Gasteiger partial charge in [-0.1, -0.05) is 6.07 Å². The first-order valence-electron chi connectivity index (χ1n) is 7.18. The molecule has 9 heteroatoms. The van der Waals surface area contributed by atoms with Crippen molar-refractivity contribution in [2.45, 2.75) is 11.3 Å². The van der Waals surface area contributed by atoms with Gasteiger partial charge in [-0.05, 0) is 25.1 Å². The quantitative estimate of drug-likeness (QED) is 0.778. The Kier molecular flexibility index (Phi) is 4.99. The third kappa shape index (κ3) is 3.61. The van der Waals surface area contributed by atoms with Crippen LogP contribution in [0.1, 0.15) is 6.42 Å². The van der Waals surface area contributed by atoms with E-state index in [1.54, 1.807) is 18.2 Å². The first-order chi connectivity index (χ1) is 10.7. The third-order valence-electron chi connectivity index (χ3n) is 3.59. The van der Waals surface area contributed by atoms with Crippen molar-refractivity contribution < 1.29 is 13.2 Å². The van der Waals surface area contributed by atoms with Crippen LogP contribution < -0.4 is 4.72 Å². The monoisotopic (exact) mass is 342 g/mol. The Morgan fingerprint density at radius 3 is 2.91 bits per heavy atom. The lowest BCUT2D eigenvalue weighted by molar-refractivity contribution is 0.0376. The topological polar surface area (TPSA) is 84.4 Å². The Hall–Kier alpha value is -1.13. The first kappa shape index (κ1) is 15.8. The number of ether oxygens (including phenoxy) is 1. The Balaban J connectivity index is 1.58. The van der Waals surface area contributed by atoms with Crippen LogP contribution in [0.2, 0.25) is 0 Å². The Bertz CT molecular complexity index is 726. The lowest BCUT2D eigenvalue weighted by Gasteiger charge is -2.26. The average molecular weight is 342 g/mol. The van der Waals surface area contributed by atoms with Crippen molar-refractivity contribution in [2.24, 2.45) is 0 Å². The minimum absolute atomic E-state index is 0.199. The van der Waals surface area contributed by atoms with Crippen molar-refractivity contribution in [1.82, 2.24) is 18.4 Å². The summed E-state index contributed by atoms with van der Waals surface area (Å²) < 4.78 is 40.9. The fraction of sp³-hybridized carbons (Fsp3) is 0.538. The molecule has 0 amide bonds. The molecule has 1 aromatic carbocycles. The fourth-order valence-electron chi connectivity index (χ4n) is 2.41. The van der Waals surface area contributed by atoms with Crippen LogP contribution in [0, 0.1) is 0 Å². The number of benzene rings is 1. The summed E-state index contributed by atoms with van der Waals surface area (Å²) in [5.41, 5.74) is 1.05. The van der Waals surface area contributed by atoms with Crippen molar-refractivity contribution >= 4 is 32.8 Å². The molecule has 3 rings (SSSR count). The highest BCUT2D eigenvalue weighted by Crippen LogP contribution is 2.20. The summed E-state index contributed by atoms with van der Waals surface area (Å²) >= 11 is 1.02. The third-order valence-corrected chi connectivity index (χ3v) is 5.62. The molecule has 1 saturated heterocycles. The Morgan fingerprint density at radius 2 is 2.09 bits per heavy atom. The molecular formula is C13H18N4O3S2. The maximum absolute atomic E-state index is 12.4. The molecular weight excluding hydrogens is 324 g/mol. The van der Waals surface area contributed by atoms with Gasteiger partial charge in [-0.15, -0.1) is 0 Å². The number of nitrogens with one attached hydrogen (secondary N) is 1. The summed E-state index contributed by atoms with van der Waals surface area (Å²) in [7, 11) is -3.55. The van der Waals surface area contributed by atoms with Crippen LogP contribution in [0.4, 0.5) is 0 Å². The molecule has 1 fully saturated rings. The molecule has 0 radical (unpaired) electrons. The largest absolute Gasteiger partial charge is 0.379 e. The van der Waals surface area contributed by atoms with Crippen LogP contribution in [-0.2, 0) is 14.8 Å². The van der Waals surface area contributed by atoms with E-state index >= 15 is 0 Å². The molecule has 120 valence electrons. The summed E-state index contributed by atoms with van der Waals surface area (Å²) in [6, 6.07) is 5.01. The molecule has 22 heavy (non-hydrogen) atoms. The maximum atomic E-state index is 12.4.